The summed E-state index contributed by atoms with van der Waals surface area (Å²) in [4.78, 5) is 36.8. The largest absolute Gasteiger partial charge is 0.480 e. The van der Waals surface area contributed by atoms with Gasteiger partial charge < -0.3 is 25.2 Å². The molecule has 1 saturated heterocycles. The molecule has 2 aliphatic rings. The fourth-order valence-corrected chi connectivity index (χ4v) is 4.73. The van der Waals surface area contributed by atoms with E-state index in [1.54, 1.807) is 0 Å². The van der Waals surface area contributed by atoms with Gasteiger partial charge in [0.1, 0.15) is 12.6 Å². The van der Waals surface area contributed by atoms with Gasteiger partial charge in [-0.3, -0.25) is 4.79 Å². The molecule has 0 spiro atoms. The Labute approximate surface area is 198 Å². The summed E-state index contributed by atoms with van der Waals surface area (Å²) in [6.07, 6.45) is -0.857. The van der Waals surface area contributed by atoms with Crippen LogP contribution in [-0.4, -0.2) is 54.5 Å². The number of hydrogen-bond donors (Lipinski definition) is 3. The van der Waals surface area contributed by atoms with Gasteiger partial charge in [-0.25, -0.2) is 9.59 Å². The first kappa shape index (κ1) is 23.8. The van der Waals surface area contributed by atoms with Crippen LogP contribution in [0.2, 0.25) is 0 Å². The lowest BCUT2D eigenvalue weighted by atomic mass is 9.98. The molecule has 1 fully saturated rings. The van der Waals surface area contributed by atoms with Crippen molar-refractivity contribution in [3.05, 3.63) is 59.7 Å². The fraction of sp³-hybridized carbons (Fsp3) is 0.423. The normalized spacial score (nSPS) is 19.9. The minimum absolute atomic E-state index is 0.0653. The van der Waals surface area contributed by atoms with Gasteiger partial charge in [0.05, 0.1) is 6.04 Å². The van der Waals surface area contributed by atoms with E-state index in [0.717, 1.165) is 22.3 Å². The van der Waals surface area contributed by atoms with Crippen LogP contribution in [0.15, 0.2) is 48.5 Å². The first-order valence-electron chi connectivity index (χ1n) is 11.6. The second-order valence-corrected chi connectivity index (χ2v) is 9.19. The molecule has 8 heteroatoms. The molecule has 1 heterocycles. The van der Waals surface area contributed by atoms with E-state index in [1.807, 2.05) is 50.2 Å². The Morgan fingerprint density at radius 1 is 1.06 bits per heavy atom. The van der Waals surface area contributed by atoms with Gasteiger partial charge in [-0.15, -0.1) is 0 Å². The number of benzene rings is 2. The molecule has 34 heavy (non-hydrogen) atoms. The Morgan fingerprint density at radius 3 is 2.26 bits per heavy atom. The number of alkyl carbamates (subject to hydrolysis) is 1. The summed E-state index contributed by atoms with van der Waals surface area (Å²) in [6.45, 7) is 4.22. The van der Waals surface area contributed by atoms with E-state index in [-0.39, 0.29) is 25.0 Å². The second-order valence-electron chi connectivity index (χ2n) is 9.19. The molecule has 0 bridgehead atoms. The van der Waals surface area contributed by atoms with E-state index in [2.05, 4.69) is 22.8 Å². The van der Waals surface area contributed by atoms with Gasteiger partial charge in [-0.1, -0.05) is 62.4 Å². The maximum atomic E-state index is 12.7. The molecule has 4 rings (SSSR count). The van der Waals surface area contributed by atoms with E-state index >= 15 is 0 Å². The molecule has 2 aromatic rings. The zero-order chi connectivity index (χ0) is 24.2. The van der Waals surface area contributed by atoms with Crippen LogP contribution in [0.3, 0.4) is 0 Å². The summed E-state index contributed by atoms with van der Waals surface area (Å²) < 4.78 is 11.1. The standard InChI is InChI=1S/C26H30N2O6/c1-15(2)13-22(25(30)31)27-24(29)23-21(11-12-33-23)28-26(32)34-14-20-18-9-5-3-7-16(18)17-8-4-6-10-19(17)20/h3-10,15,20-23H,11-14H2,1-2H3,(H,27,29)(H,28,32)(H,30,31). The molecule has 3 N–H and O–H groups in total. The molecule has 1 aliphatic heterocycles. The number of amides is 2. The highest BCUT2D eigenvalue weighted by molar-refractivity contribution is 5.87. The molecule has 180 valence electrons. The SMILES string of the molecule is CC(C)CC(NC(=O)C1OCCC1NC(=O)OCC1c2ccccc2-c2ccccc21)C(=O)O. The first-order valence-corrected chi connectivity index (χ1v) is 11.6. The maximum Gasteiger partial charge on any atom is 0.407 e. The lowest BCUT2D eigenvalue weighted by Crippen LogP contribution is -2.52. The predicted molar refractivity (Wildman–Crippen MR) is 125 cm³/mol. The second kappa shape index (κ2) is 10.3. The number of carbonyl (C=O) groups is 3. The minimum atomic E-state index is -1.10. The smallest absolute Gasteiger partial charge is 0.407 e. The zero-order valence-electron chi connectivity index (χ0n) is 19.3. The summed E-state index contributed by atoms with van der Waals surface area (Å²) in [5.41, 5.74) is 4.51. The first-order chi connectivity index (χ1) is 16.3. The maximum absolute atomic E-state index is 12.7. The summed E-state index contributed by atoms with van der Waals surface area (Å²) in [6, 6.07) is 14.6. The molecule has 3 unspecified atom stereocenters. The molecular weight excluding hydrogens is 436 g/mol. The van der Waals surface area contributed by atoms with Crippen LogP contribution >= 0.6 is 0 Å². The van der Waals surface area contributed by atoms with Gasteiger partial charge >= 0.3 is 12.1 Å². The van der Waals surface area contributed by atoms with Crippen LogP contribution in [0.4, 0.5) is 4.79 Å². The molecule has 0 aromatic heterocycles. The Balaban J connectivity index is 1.36. The fourth-order valence-electron chi connectivity index (χ4n) is 4.73. The van der Waals surface area contributed by atoms with Crippen LogP contribution in [0, 0.1) is 5.92 Å². The topological polar surface area (TPSA) is 114 Å². The van der Waals surface area contributed by atoms with Crippen molar-refractivity contribution in [1.82, 2.24) is 10.6 Å². The van der Waals surface area contributed by atoms with Crippen LogP contribution in [0.5, 0.6) is 0 Å². The van der Waals surface area contributed by atoms with Crippen LogP contribution in [0.1, 0.15) is 43.7 Å². The van der Waals surface area contributed by atoms with Crippen molar-refractivity contribution in [1.29, 1.82) is 0 Å². The third-order valence-corrected chi connectivity index (χ3v) is 6.32. The zero-order valence-corrected chi connectivity index (χ0v) is 19.3. The van der Waals surface area contributed by atoms with E-state index in [0.29, 0.717) is 12.8 Å². The van der Waals surface area contributed by atoms with Crippen LogP contribution in [0.25, 0.3) is 11.1 Å². The summed E-state index contributed by atoms with van der Waals surface area (Å²) in [5, 5.41) is 14.7. The van der Waals surface area contributed by atoms with Crippen LogP contribution in [-0.2, 0) is 19.1 Å². The Bertz CT molecular complexity index is 1020. The number of ether oxygens (including phenoxy) is 2. The average molecular weight is 467 g/mol. The number of aliphatic carboxylic acids is 1. The number of carboxylic acid groups (broad SMARTS) is 1. The molecule has 0 radical (unpaired) electrons. The lowest BCUT2D eigenvalue weighted by molar-refractivity contribution is -0.144. The predicted octanol–water partition coefficient (Wildman–Crippen LogP) is 3.30. The number of nitrogens with one attached hydrogen (secondary N) is 2. The third kappa shape index (κ3) is 5.07. The van der Waals surface area contributed by atoms with E-state index < -0.39 is 36.2 Å². The summed E-state index contributed by atoms with van der Waals surface area (Å²) >= 11 is 0. The number of hydrogen-bond acceptors (Lipinski definition) is 5. The summed E-state index contributed by atoms with van der Waals surface area (Å²) in [7, 11) is 0. The van der Waals surface area contributed by atoms with Crippen molar-refractivity contribution in [2.45, 2.75) is 50.8 Å². The summed E-state index contributed by atoms with van der Waals surface area (Å²) in [5.74, 6) is -1.61. The highest BCUT2D eigenvalue weighted by atomic mass is 16.6. The number of carboxylic acids is 1. The van der Waals surface area contributed by atoms with Crippen molar-refractivity contribution < 1.29 is 29.0 Å². The van der Waals surface area contributed by atoms with Gasteiger partial charge in [0.15, 0.2) is 6.10 Å². The van der Waals surface area contributed by atoms with Crippen molar-refractivity contribution in [2.75, 3.05) is 13.2 Å². The van der Waals surface area contributed by atoms with Crippen molar-refractivity contribution in [2.24, 2.45) is 5.92 Å². The van der Waals surface area contributed by atoms with Crippen molar-refractivity contribution in [3.63, 3.8) is 0 Å². The number of carbonyl (C=O) groups excluding carboxylic acids is 2. The van der Waals surface area contributed by atoms with Crippen LogP contribution < -0.4 is 10.6 Å². The van der Waals surface area contributed by atoms with Crippen molar-refractivity contribution >= 4 is 18.0 Å². The van der Waals surface area contributed by atoms with E-state index in [1.165, 1.54) is 0 Å². The van der Waals surface area contributed by atoms with Gasteiger partial charge in [0, 0.05) is 12.5 Å². The van der Waals surface area contributed by atoms with Crippen molar-refractivity contribution in [3.8, 4) is 11.1 Å². The molecular formula is C26H30N2O6. The van der Waals surface area contributed by atoms with Gasteiger partial charge in [0.25, 0.3) is 5.91 Å². The highest BCUT2D eigenvalue weighted by Gasteiger charge is 2.38. The average Bonchev–Trinajstić information content (AvgIpc) is 3.39. The van der Waals surface area contributed by atoms with Gasteiger partial charge in [-0.05, 0) is 41.0 Å². The number of fused-ring (bicyclic) bond motifs is 3. The molecule has 3 atom stereocenters. The van der Waals surface area contributed by atoms with E-state index in [9.17, 15) is 19.5 Å². The Kier molecular flexibility index (Phi) is 7.17. The molecule has 8 nitrogen and oxygen atoms in total. The molecule has 0 saturated carbocycles. The van der Waals surface area contributed by atoms with E-state index in [4.69, 9.17) is 9.47 Å². The molecule has 2 amide bonds. The highest BCUT2D eigenvalue weighted by Crippen LogP contribution is 2.44. The lowest BCUT2D eigenvalue weighted by Gasteiger charge is -2.23. The Morgan fingerprint density at radius 2 is 1.68 bits per heavy atom. The van der Waals surface area contributed by atoms with Gasteiger partial charge in [0.2, 0.25) is 0 Å². The Hall–Kier alpha value is -3.39. The van der Waals surface area contributed by atoms with Gasteiger partial charge in [-0.2, -0.15) is 0 Å². The molecule has 2 aromatic carbocycles. The quantitative estimate of drug-likeness (QED) is 0.550. The third-order valence-electron chi connectivity index (χ3n) is 6.32. The number of rotatable bonds is 8. The molecule has 1 aliphatic carbocycles. The monoisotopic (exact) mass is 466 g/mol. The minimum Gasteiger partial charge on any atom is -0.480 e.